The van der Waals surface area contributed by atoms with Crippen LogP contribution in [0.25, 0.3) is 11.0 Å². The molecule has 0 bridgehead atoms. The number of aromatic amines is 1. The van der Waals surface area contributed by atoms with Gasteiger partial charge in [-0.2, -0.15) is 0 Å². The van der Waals surface area contributed by atoms with E-state index in [-0.39, 0.29) is 18.2 Å². The molecule has 20 heavy (non-hydrogen) atoms. The molecule has 0 unspecified atom stereocenters. The number of hydrogen-bond donors (Lipinski definition) is 3. The second-order valence-electron chi connectivity index (χ2n) is 5.02. The fourth-order valence-electron chi connectivity index (χ4n) is 2.07. The Bertz CT molecular complexity index is 633. The van der Waals surface area contributed by atoms with Crippen LogP contribution < -0.4 is 5.32 Å². The van der Waals surface area contributed by atoms with Crippen molar-refractivity contribution in [2.45, 2.75) is 26.3 Å². The molecule has 6 heteroatoms. The predicted molar refractivity (Wildman–Crippen MR) is 74.2 cm³/mol. The van der Waals surface area contributed by atoms with Gasteiger partial charge in [-0.05, 0) is 23.6 Å². The Hall–Kier alpha value is -2.37. The maximum Gasteiger partial charge on any atom is 0.326 e. The van der Waals surface area contributed by atoms with Crippen molar-refractivity contribution in [2.75, 3.05) is 0 Å². The first-order chi connectivity index (χ1) is 9.49. The first-order valence-electron chi connectivity index (χ1n) is 6.42. The maximum absolute atomic E-state index is 12.0. The van der Waals surface area contributed by atoms with Gasteiger partial charge in [0.1, 0.15) is 11.7 Å². The van der Waals surface area contributed by atoms with Gasteiger partial charge < -0.3 is 15.4 Å². The van der Waals surface area contributed by atoms with E-state index < -0.39 is 12.0 Å². The molecular weight excluding hydrogens is 258 g/mol. The molecule has 0 aliphatic carbocycles. The SMILES string of the molecule is CC(C)[C@@H](NC(=O)Cc1c[nH]c2ncccc12)C(=O)O. The minimum absolute atomic E-state index is 0.127. The lowest BCUT2D eigenvalue weighted by atomic mass is 10.0. The average Bonchev–Trinajstić information content (AvgIpc) is 2.79. The van der Waals surface area contributed by atoms with Gasteiger partial charge in [0.25, 0.3) is 0 Å². The van der Waals surface area contributed by atoms with E-state index in [0.717, 1.165) is 10.9 Å². The Balaban J connectivity index is 2.10. The van der Waals surface area contributed by atoms with E-state index in [0.29, 0.717) is 5.65 Å². The van der Waals surface area contributed by atoms with Crippen LogP contribution in [-0.2, 0) is 16.0 Å². The molecule has 2 aromatic heterocycles. The third-order valence-corrected chi connectivity index (χ3v) is 3.14. The zero-order valence-corrected chi connectivity index (χ0v) is 11.4. The van der Waals surface area contributed by atoms with Crippen LogP contribution >= 0.6 is 0 Å². The average molecular weight is 275 g/mol. The Labute approximate surface area is 116 Å². The largest absolute Gasteiger partial charge is 0.480 e. The molecule has 2 heterocycles. The zero-order chi connectivity index (χ0) is 14.7. The topological polar surface area (TPSA) is 95.1 Å². The number of aromatic nitrogens is 2. The third-order valence-electron chi connectivity index (χ3n) is 3.14. The van der Waals surface area contributed by atoms with Crippen LogP contribution in [0.15, 0.2) is 24.5 Å². The molecule has 2 aromatic rings. The van der Waals surface area contributed by atoms with Crippen molar-refractivity contribution < 1.29 is 14.7 Å². The molecule has 0 radical (unpaired) electrons. The Morgan fingerprint density at radius 1 is 1.45 bits per heavy atom. The number of carboxylic acids is 1. The number of carbonyl (C=O) groups excluding carboxylic acids is 1. The number of nitrogens with zero attached hydrogens (tertiary/aromatic N) is 1. The summed E-state index contributed by atoms with van der Waals surface area (Å²) < 4.78 is 0. The highest BCUT2D eigenvalue weighted by Gasteiger charge is 2.23. The molecule has 0 saturated carbocycles. The summed E-state index contributed by atoms with van der Waals surface area (Å²) in [5.41, 5.74) is 1.52. The number of pyridine rings is 1. The van der Waals surface area contributed by atoms with Gasteiger partial charge in [-0.1, -0.05) is 13.8 Å². The molecule has 0 saturated heterocycles. The van der Waals surface area contributed by atoms with Crippen LogP contribution in [0.3, 0.4) is 0 Å². The van der Waals surface area contributed by atoms with Gasteiger partial charge in [0, 0.05) is 17.8 Å². The molecule has 0 aliphatic rings. The molecule has 3 N–H and O–H groups in total. The summed E-state index contributed by atoms with van der Waals surface area (Å²) >= 11 is 0. The lowest BCUT2D eigenvalue weighted by molar-refractivity contribution is -0.143. The minimum Gasteiger partial charge on any atom is -0.480 e. The second kappa shape index (κ2) is 5.73. The fourth-order valence-corrected chi connectivity index (χ4v) is 2.07. The van der Waals surface area contributed by atoms with E-state index in [1.54, 1.807) is 32.3 Å². The van der Waals surface area contributed by atoms with Crippen molar-refractivity contribution in [3.05, 3.63) is 30.1 Å². The first kappa shape index (κ1) is 14.0. The van der Waals surface area contributed by atoms with Crippen LogP contribution in [0.2, 0.25) is 0 Å². The fraction of sp³-hybridized carbons (Fsp3) is 0.357. The van der Waals surface area contributed by atoms with Crippen LogP contribution in [0.4, 0.5) is 0 Å². The van der Waals surface area contributed by atoms with Gasteiger partial charge in [-0.15, -0.1) is 0 Å². The van der Waals surface area contributed by atoms with Crippen molar-refractivity contribution in [1.29, 1.82) is 0 Å². The second-order valence-corrected chi connectivity index (χ2v) is 5.02. The van der Waals surface area contributed by atoms with Crippen LogP contribution in [-0.4, -0.2) is 33.0 Å². The van der Waals surface area contributed by atoms with Crippen molar-refractivity contribution >= 4 is 22.9 Å². The first-order valence-corrected chi connectivity index (χ1v) is 6.42. The molecule has 106 valence electrons. The molecule has 0 spiro atoms. The number of carbonyl (C=O) groups is 2. The van der Waals surface area contributed by atoms with Gasteiger partial charge in [0.15, 0.2) is 0 Å². The lowest BCUT2D eigenvalue weighted by Gasteiger charge is -2.17. The molecule has 6 nitrogen and oxygen atoms in total. The summed E-state index contributed by atoms with van der Waals surface area (Å²) in [5.74, 6) is -1.49. The van der Waals surface area contributed by atoms with E-state index in [9.17, 15) is 9.59 Å². The highest BCUT2D eigenvalue weighted by atomic mass is 16.4. The highest BCUT2D eigenvalue weighted by molar-refractivity contribution is 5.89. The maximum atomic E-state index is 12.0. The van der Waals surface area contributed by atoms with Gasteiger partial charge in [0.05, 0.1) is 6.42 Å². The van der Waals surface area contributed by atoms with Crippen LogP contribution in [0.5, 0.6) is 0 Å². The molecular formula is C14H17N3O3. The summed E-state index contributed by atoms with van der Waals surface area (Å²) in [6, 6.07) is 2.80. The standard InChI is InChI=1S/C14H17N3O3/c1-8(2)12(14(19)20)17-11(18)6-9-7-16-13-10(9)4-3-5-15-13/h3-5,7-8,12H,6H2,1-2H3,(H,15,16)(H,17,18)(H,19,20)/t12-/m1/s1. The summed E-state index contributed by atoms with van der Waals surface area (Å²) in [4.78, 5) is 30.2. The lowest BCUT2D eigenvalue weighted by Crippen LogP contribution is -2.44. The minimum atomic E-state index is -1.02. The van der Waals surface area contributed by atoms with Crippen molar-refractivity contribution in [1.82, 2.24) is 15.3 Å². The van der Waals surface area contributed by atoms with E-state index in [4.69, 9.17) is 5.11 Å². The summed E-state index contributed by atoms with van der Waals surface area (Å²) in [7, 11) is 0. The normalized spacial score (nSPS) is 12.6. The number of H-pyrrole nitrogens is 1. The predicted octanol–water partition coefficient (Wildman–Crippen LogP) is 1.33. The summed E-state index contributed by atoms with van der Waals surface area (Å²) in [6.45, 7) is 3.52. The number of rotatable bonds is 5. The van der Waals surface area contributed by atoms with E-state index in [1.807, 2.05) is 6.07 Å². The molecule has 1 amide bonds. The van der Waals surface area contributed by atoms with Gasteiger partial charge in [-0.3, -0.25) is 4.79 Å². The highest BCUT2D eigenvalue weighted by Crippen LogP contribution is 2.16. The number of carboxylic acid groups (broad SMARTS) is 1. The Morgan fingerprint density at radius 3 is 2.85 bits per heavy atom. The number of fused-ring (bicyclic) bond motifs is 1. The zero-order valence-electron chi connectivity index (χ0n) is 11.4. The molecule has 0 aliphatic heterocycles. The van der Waals surface area contributed by atoms with Gasteiger partial charge in [0.2, 0.25) is 5.91 Å². The molecule has 0 aromatic carbocycles. The van der Waals surface area contributed by atoms with Crippen molar-refractivity contribution in [3.8, 4) is 0 Å². The number of nitrogens with one attached hydrogen (secondary N) is 2. The van der Waals surface area contributed by atoms with Crippen LogP contribution in [0, 0.1) is 5.92 Å². The number of amides is 1. The molecule has 1 atom stereocenters. The summed E-state index contributed by atoms with van der Waals surface area (Å²) in [6.07, 6.45) is 3.52. The smallest absolute Gasteiger partial charge is 0.326 e. The Morgan fingerprint density at radius 2 is 2.20 bits per heavy atom. The molecule has 2 rings (SSSR count). The van der Waals surface area contributed by atoms with E-state index >= 15 is 0 Å². The quantitative estimate of drug-likeness (QED) is 0.767. The van der Waals surface area contributed by atoms with Gasteiger partial charge >= 0.3 is 5.97 Å². The van der Waals surface area contributed by atoms with E-state index in [2.05, 4.69) is 15.3 Å². The number of hydrogen-bond acceptors (Lipinski definition) is 3. The monoisotopic (exact) mass is 275 g/mol. The van der Waals surface area contributed by atoms with Crippen molar-refractivity contribution in [3.63, 3.8) is 0 Å². The number of aliphatic carboxylic acids is 1. The van der Waals surface area contributed by atoms with E-state index in [1.165, 1.54) is 0 Å². The third kappa shape index (κ3) is 2.96. The summed E-state index contributed by atoms with van der Waals surface area (Å²) in [5, 5.41) is 12.5. The Kier molecular flexibility index (Phi) is 4.02. The van der Waals surface area contributed by atoms with Gasteiger partial charge in [-0.25, -0.2) is 9.78 Å². The van der Waals surface area contributed by atoms with Crippen molar-refractivity contribution in [2.24, 2.45) is 5.92 Å². The van der Waals surface area contributed by atoms with Crippen LogP contribution in [0.1, 0.15) is 19.4 Å². The molecule has 0 fully saturated rings.